The summed E-state index contributed by atoms with van der Waals surface area (Å²) in [5.41, 5.74) is 1.69. The summed E-state index contributed by atoms with van der Waals surface area (Å²) in [6.45, 7) is 0.0143. The highest BCUT2D eigenvalue weighted by molar-refractivity contribution is 6.31. The van der Waals surface area contributed by atoms with E-state index in [2.05, 4.69) is 6.07 Å². The Hall–Kier alpha value is -2.77. The van der Waals surface area contributed by atoms with Crippen molar-refractivity contribution in [2.24, 2.45) is 0 Å². The van der Waals surface area contributed by atoms with Crippen molar-refractivity contribution in [3.63, 3.8) is 0 Å². The standard InChI is InChI=1S/C17H10ClNO3/c18-14-5-6-15-13(7-14)8-16(22-15)17(20)21-10-12-4-2-1-3-11(12)9-19/h1-8H,10H2. The normalized spacial score (nSPS) is 10.4. The molecule has 3 aromatic rings. The van der Waals surface area contributed by atoms with Crippen LogP contribution >= 0.6 is 11.6 Å². The number of rotatable bonds is 3. The van der Waals surface area contributed by atoms with Crippen LogP contribution in [0, 0.1) is 11.3 Å². The first-order valence-corrected chi connectivity index (χ1v) is 6.89. The van der Waals surface area contributed by atoms with Gasteiger partial charge in [-0.2, -0.15) is 5.26 Å². The van der Waals surface area contributed by atoms with Gasteiger partial charge in [-0.25, -0.2) is 4.79 Å². The summed E-state index contributed by atoms with van der Waals surface area (Å²) in [6.07, 6.45) is 0. The predicted octanol–water partition coefficient (Wildman–Crippen LogP) is 4.31. The molecule has 2 aromatic carbocycles. The van der Waals surface area contributed by atoms with E-state index in [0.717, 1.165) is 5.39 Å². The first kappa shape index (κ1) is 14.2. The summed E-state index contributed by atoms with van der Waals surface area (Å²) in [7, 11) is 0. The van der Waals surface area contributed by atoms with Crippen molar-refractivity contribution >= 4 is 28.5 Å². The molecule has 0 saturated heterocycles. The number of hydrogen-bond acceptors (Lipinski definition) is 4. The summed E-state index contributed by atoms with van der Waals surface area (Å²) >= 11 is 5.89. The van der Waals surface area contributed by atoms with Gasteiger partial charge in [0.15, 0.2) is 0 Å². The maximum absolute atomic E-state index is 12.0. The molecule has 1 heterocycles. The molecule has 4 nitrogen and oxygen atoms in total. The average molecular weight is 312 g/mol. The largest absolute Gasteiger partial charge is 0.455 e. The molecule has 0 atom stereocenters. The average Bonchev–Trinajstić information content (AvgIpc) is 2.96. The number of halogens is 1. The van der Waals surface area contributed by atoms with E-state index in [1.807, 2.05) is 0 Å². The minimum absolute atomic E-state index is 0.0143. The zero-order chi connectivity index (χ0) is 15.5. The Balaban J connectivity index is 1.77. The third-order valence-electron chi connectivity index (χ3n) is 3.18. The lowest BCUT2D eigenvalue weighted by molar-refractivity contribution is 0.0438. The Morgan fingerprint density at radius 2 is 2.05 bits per heavy atom. The van der Waals surface area contributed by atoms with Crippen LogP contribution in [0.1, 0.15) is 21.7 Å². The van der Waals surface area contributed by atoms with Gasteiger partial charge in [-0.3, -0.25) is 0 Å². The first-order valence-electron chi connectivity index (χ1n) is 6.51. The fourth-order valence-electron chi connectivity index (χ4n) is 2.08. The van der Waals surface area contributed by atoms with Crippen LogP contribution in [0.3, 0.4) is 0 Å². The molecule has 22 heavy (non-hydrogen) atoms. The number of carbonyl (C=O) groups excluding carboxylic acids is 1. The summed E-state index contributed by atoms with van der Waals surface area (Å²) in [6, 6.07) is 15.7. The molecule has 0 aliphatic heterocycles. The summed E-state index contributed by atoms with van der Waals surface area (Å²) in [5, 5.41) is 10.3. The van der Waals surface area contributed by atoms with E-state index in [1.54, 1.807) is 48.5 Å². The highest BCUT2D eigenvalue weighted by atomic mass is 35.5. The molecule has 0 saturated carbocycles. The highest BCUT2D eigenvalue weighted by Gasteiger charge is 2.14. The van der Waals surface area contributed by atoms with E-state index in [1.165, 1.54) is 0 Å². The van der Waals surface area contributed by atoms with Gasteiger partial charge in [0.2, 0.25) is 5.76 Å². The molecule has 3 rings (SSSR count). The quantitative estimate of drug-likeness (QED) is 0.676. The summed E-state index contributed by atoms with van der Waals surface area (Å²) in [5.74, 6) is -0.480. The molecule has 5 heteroatoms. The molecule has 108 valence electrons. The lowest BCUT2D eigenvalue weighted by atomic mass is 10.1. The molecule has 0 unspecified atom stereocenters. The third-order valence-corrected chi connectivity index (χ3v) is 3.41. The van der Waals surface area contributed by atoms with Crippen molar-refractivity contribution < 1.29 is 13.9 Å². The Morgan fingerprint density at radius 3 is 2.86 bits per heavy atom. The van der Waals surface area contributed by atoms with Gasteiger partial charge in [0.25, 0.3) is 0 Å². The molecule has 0 aliphatic rings. The van der Waals surface area contributed by atoms with E-state index in [0.29, 0.717) is 21.7 Å². The molecular formula is C17H10ClNO3. The number of nitriles is 1. The number of hydrogen-bond donors (Lipinski definition) is 0. The van der Waals surface area contributed by atoms with Gasteiger partial charge in [0, 0.05) is 16.0 Å². The van der Waals surface area contributed by atoms with Gasteiger partial charge >= 0.3 is 5.97 Å². The Kier molecular flexibility index (Phi) is 3.82. The Bertz CT molecular complexity index is 892. The Morgan fingerprint density at radius 1 is 1.23 bits per heavy atom. The van der Waals surface area contributed by atoms with Crippen LogP contribution < -0.4 is 0 Å². The van der Waals surface area contributed by atoms with Crippen LogP contribution in [0.4, 0.5) is 0 Å². The maximum atomic E-state index is 12.0. The topological polar surface area (TPSA) is 63.2 Å². The van der Waals surface area contributed by atoms with Gasteiger partial charge in [0.1, 0.15) is 12.2 Å². The second kappa shape index (κ2) is 5.92. The number of fused-ring (bicyclic) bond motifs is 1. The van der Waals surface area contributed by atoms with Crippen molar-refractivity contribution in [3.05, 3.63) is 70.4 Å². The second-order valence-corrected chi connectivity index (χ2v) is 5.07. The number of esters is 1. The molecule has 0 N–H and O–H groups in total. The number of nitrogens with zero attached hydrogens (tertiary/aromatic N) is 1. The van der Waals surface area contributed by atoms with Gasteiger partial charge < -0.3 is 9.15 Å². The molecule has 1 aromatic heterocycles. The number of furan rings is 1. The van der Waals surface area contributed by atoms with Crippen molar-refractivity contribution in [2.45, 2.75) is 6.61 Å². The molecule has 0 bridgehead atoms. The van der Waals surface area contributed by atoms with Gasteiger partial charge in [-0.15, -0.1) is 0 Å². The van der Waals surface area contributed by atoms with Crippen LogP contribution in [0.15, 0.2) is 52.9 Å². The molecule has 0 aliphatic carbocycles. The van der Waals surface area contributed by atoms with Crippen molar-refractivity contribution in [3.8, 4) is 6.07 Å². The maximum Gasteiger partial charge on any atom is 0.374 e. The van der Waals surface area contributed by atoms with Crippen LogP contribution in [0.5, 0.6) is 0 Å². The molecule has 0 spiro atoms. The van der Waals surface area contributed by atoms with Gasteiger partial charge in [-0.05, 0) is 30.3 Å². The zero-order valence-electron chi connectivity index (χ0n) is 11.4. The highest BCUT2D eigenvalue weighted by Crippen LogP contribution is 2.23. The van der Waals surface area contributed by atoms with Crippen LogP contribution in [0.25, 0.3) is 11.0 Å². The van der Waals surface area contributed by atoms with Crippen molar-refractivity contribution in [1.82, 2.24) is 0 Å². The minimum atomic E-state index is -0.583. The van der Waals surface area contributed by atoms with Gasteiger partial charge in [0.05, 0.1) is 11.6 Å². The van der Waals surface area contributed by atoms with Crippen LogP contribution in [-0.4, -0.2) is 5.97 Å². The van der Waals surface area contributed by atoms with E-state index in [-0.39, 0.29) is 12.4 Å². The van der Waals surface area contributed by atoms with Gasteiger partial charge in [-0.1, -0.05) is 29.8 Å². The van der Waals surface area contributed by atoms with E-state index < -0.39 is 5.97 Å². The number of benzene rings is 2. The monoisotopic (exact) mass is 311 g/mol. The lowest BCUT2D eigenvalue weighted by Crippen LogP contribution is -2.04. The van der Waals surface area contributed by atoms with Crippen molar-refractivity contribution in [2.75, 3.05) is 0 Å². The molecule has 0 amide bonds. The zero-order valence-corrected chi connectivity index (χ0v) is 12.1. The van der Waals surface area contributed by atoms with E-state index in [9.17, 15) is 4.79 Å². The second-order valence-electron chi connectivity index (χ2n) is 4.64. The molecule has 0 radical (unpaired) electrons. The smallest absolute Gasteiger partial charge is 0.374 e. The van der Waals surface area contributed by atoms with Crippen LogP contribution in [0.2, 0.25) is 5.02 Å². The van der Waals surface area contributed by atoms with E-state index >= 15 is 0 Å². The third kappa shape index (κ3) is 2.80. The summed E-state index contributed by atoms with van der Waals surface area (Å²) in [4.78, 5) is 12.0. The fraction of sp³-hybridized carbons (Fsp3) is 0.0588. The molecular weight excluding hydrogens is 302 g/mol. The number of ether oxygens (including phenoxy) is 1. The number of carbonyl (C=O) groups is 1. The Labute approximate surface area is 131 Å². The van der Waals surface area contributed by atoms with Crippen molar-refractivity contribution in [1.29, 1.82) is 5.26 Å². The predicted molar refractivity (Wildman–Crippen MR) is 81.5 cm³/mol. The first-order chi connectivity index (χ1) is 10.7. The van der Waals surface area contributed by atoms with E-state index in [4.69, 9.17) is 26.0 Å². The summed E-state index contributed by atoms with van der Waals surface area (Å²) < 4.78 is 10.6. The van der Waals surface area contributed by atoms with Crippen LogP contribution in [-0.2, 0) is 11.3 Å². The fourth-order valence-corrected chi connectivity index (χ4v) is 2.27. The minimum Gasteiger partial charge on any atom is -0.455 e. The lowest BCUT2D eigenvalue weighted by Gasteiger charge is -2.04. The molecule has 0 fully saturated rings. The SMILES string of the molecule is N#Cc1ccccc1COC(=O)c1cc2cc(Cl)ccc2o1.